The van der Waals surface area contributed by atoms with Crippen molar-refractivity contribution in [3.8, 4) is 0 Å². The topological polar surface area (TPSA) is 72.8 Å². The molecule has 5 heteroatoms. The minimum atomic E-state index is -0.776. The number of aliphatic hydroxyl groups excluding tert-OH is 1. The molecule has 0 radical (unpaired) electrons. The van der Waals surface area contributed by atoms with Gasteiger partial charge in [-0.1, -0.05) is 224 Å². The van der Waals surface area contributed by atoms with Gasteiger partial charge in [0.1, 0.15) is 6.61 Å². The monoisotopic (exact) mass is 773 g/mol. The number of hydrogen-bond donors (Lipinski definition) is 1. The molecule has 55 heavy (non-hydrogen) atoms. The van der Waals surface area contributed by atoms with Crippen molar-refractivity contribution in [2.45, 2.75) is 258 Å². The van der Waals surface area contributed by atoms with Crippen molar-refractivity contribution in [3.05, 3.63) is 36.5 Å². The van der Waals surface area contributed by atoms with E-state index in [1.807, 2.05) is 0 Å². The third-order valence-electron chi connectivity index (χ3n) is 10.7. The van der Waals surface area contributed by atoms with E-state index in [0.29, 0.717) is 12.8 Å². The summed E-state index contributed by atoms with van der Waals surface area (Å²) in [5.41, 5.74) is 0. The molecule has 0 fully saturated rings. The quantitative estimate of drug-likeness (QED) is 0.0379. The predicted octanol–water partition coefficient (Wildman–Crippen LogP) is 15.6. The standard InChI is InChI=1S/C50H92O5/c1-3-5-7-9-11-13-15-17-19-21-23-25-27-29-31-33-35-37-39-41-43-45-50(53)55-48(46-51)47-54-49(52)44-42-40-38-36-34-32-30-28-26-24-22-20-18-16-14-12-10-8-6-4-2/h15,17,21,23,27,29,48,51H,3-14,16,18-20,22,24-26,28,30-47H2,1-2H3/b17-15-,23-21-,29-27-. The summed E-state index contributed by atoms with van der Waals surface area (Å²) in [5, 5.41) is 9.61. The maximum absolute atomic E-state index is 12.2. The van der Waals surface area contributed by atoms with Gasteiger partial charge in [-0.15, -0.1) is 0 Å². The summed E-state index contributed by atoms with van der Waals surface area (Å²) in [5.74, 6) is -0.594. The molecule has 0 rings (SSSR count). The molecule has 0 saturated carbocycles. The zero-order valence-electron chi connectivity index (χ0n) is 36.7. The average molecular weight is 773 g/mol. The summed E-state index contributed by atoms with van der Waals surface area (Å²) >= 11 is 0. The number of hydrogen-bond acceptors (Lipinski definition) is 5. The van der Waals surface area contributed by atoms with Gasteiger partial charge in [-0.25, -0.2) is 0 Å². The van der Waals surface area contributed by atoms with Gasteiger partial charge >= 0.3 is 11.9 Å². The molecule has 5 nitrogen and oxygen atoms in total. The summed E-state index contributed by atoms with van der Waals surface area (Å²) < 4.78 is 10.7. The van der Waals surface area contributed by atoms with Crippen LogP contribution in [0, 0.1) is 0 Å². The van der Waals surface area contributed by atoms with Crippen LogP contribution in [-0.2, 0) is 19.1 Å². The lowest BCUT2D eigenvalue weighted by atomic mass is 10.0. The zero-order chi connectivity index (χ0) is 40.0. The molecule has 1 N–H and O–H groups in total. The van der Waals surface area contributed by atoms with Crippen LogP contribution < -0.4 is 0 Å². The highest BCUT2D eigenvalue weighted by Crippen LogP contribution is 2.16. The van der Waals surface area contributed by atoms with Crippen molar-refractivity contribution in [2.75, 3.05) is 13.2 Å². The van der Waals surface area contributed by atoms with Crippen LogP contribution in [0.1, 0.15) is 251 Å². The number of esters is 2. The van der Waals surface area contributed by atoms with Gasteiger partial charge in [-0.3, -0.25) is 9.59 Å². The maximum Gasteiger partial charge on any atom is 0.306 e. The van der Waals surface area contributed by atoms with Crippen LogP contribution in [0.25, 0.3) is 0 Å². The van der Waals surface area contributed by atoms with Gasteiger partial charge in [0.2, 0.25) is 0 Å². The SMILES string of the molecule is CCCCCCC/C=C\C/C=C\C/C=C\CCCCCCCCC(=O)OC(CO)COC(=O)CCCCCCCCCCCCCCCCCCCCCC. The summed E-state index contributed by atoms with van der Waals surface area (Å²) in [6.07, 6.45) is 58.0. The summed E-state index contributed by atoms with van der Waals surface area (Å²) in [4.78, 5) is 24.4. The average Bonchev–Trinajstić information content (AvgIpc) is 3.19. The van der Waals surface area contributed by atoms with Gasteiger partial charge in [0.25, 0.3) is 0 Å². The normalized spacial score (nSPS) is 12.4. The molecule has 0 heterocycles. The Kier molecular flexibility index (Phi) is 44.9. The minimum absolute atomic E-state index is 0.0678. The Morgan fingerprint density at radius 3 is 1.09 bits per heavy atom. The molecule has 322 valence electrons. The minimum Gasteiger partial charge on any atom is -0.462 e. The molecule has 0 amide bonds. The van der Waals surface area contributed by atoms with Gasteiger partial charge in [0.05, 0.1) is 6.61 Å². The fraction of sp³-hybridized carbons (Fsp3) is 0.840. The molecule has 1 unspecified atom stereocenters. The van der Waals surface area contributed by atoms with E-state index in [0.717, 1.165) is 57.8 Å². The molecule has 0 aromatic carbocycles. The van der Waals surface area contributed by atoms with Crippen molar-refractivity contribution in [2.24, 2.45) is 0 Å². The Morgan fingerprint density at radius 1 is 0.418 bits per heavy atom. The second-order valence-corrected chi connectivity index (χ2v) is 16.2. The number of carbonyl (C=O) groups excluding carboxylic acids is 2. The molecule has 0 aliphatic heterocycles. The first kappa shape index (κ1) is 53.1. The van der Waals surface area contributed by atoms with Crippen LogP contribution in [0.5, 0.6) is 0 Å². The lowest BCUT2D eigenvalue weighted by molar-refractivity contribution is -0.161. The Hall–Kier alpha value is -1.88. The van der Waals surface area contributed by atoms with E-state index in [1.54, 1.807) is 0 Å². The number of unbranched alkanes of at least 4 members (excludes halogenated alkanes) is 30. The number of ether oxygens (including phenoxy) is 2. The Bertz CT molecular complexity index is 877. The third-order valence-corrected chi connectivity index (χ3v) is 10.7. The molecule has 1 atom stereocenters. The maximum atomic E-state index is 12.2. The van der Waals surface area contributed by atoms with Crippen LogP contribution in [0.3, 0.4) is 0 Å². The molecule has 0 aliphatic rings. The fourth-order valence-corrected chi connectivity index (χ4v) is 7.03. The number of carbonyl (C=O) groups is 2. The molecule has 0 aromatic rings. The van der Waals surface area contributed by atoms with Crippen molar-refractivity contribution in [1.29, 1.82) is 0 Å². The number of aliphatic hydroxyl groups is 1. The molecular formula is C50H92O5. The molecule has 0 spiro atoms. The zero-order valence-corrected chi connectivity index (χ0v) is 36.7. The van der Waals surface area contributed by atoms with Crippen molar-refractivity contribution < 1.29 is 24.2 Å². The lowest BCUT2D eigenvalue weighted by Crippen LogP contribution is -2.28. The third kappa shape index (κ3) is 44.7. The second kappa shape index (κ2) is 46.5. The van der Waals surface area contributed by atoms with E-state index in [1.165, 1.54) is 167 Å². The fourth-order valence-electron chi connectivity index (χ4n) is 7.03. The highest BCUT2D eigenvalue weighted by Gasteiger charge is 2.16. The molecule has 0 bridgehead atoms. The van der Waals surface area contributed by atoms with E-state index >= 15 is 0 Å². The van der Waals surface area contributed by atoms with Crippen LogP contribution in [0.2, 0.25) is 0 Å². The van der Waals surface area contributed by atoms with Gasteiger partial charge < -0.3 is 14.6 Å². The van der Waals surface area contributed by atoms with Crippen molar-refractivity contribution in [1.82, 2.24) is 0 Å². The highest BCUT2D eigenvalue weighted by molar-refractivity contribution is 5.70. The second-order valence-electron chi connectivity index (χ2n) is 16.2. The summed E-state index contributed by atoms with van der Waals surface area (Å²) in [7, 11) is 0. The van der Waals surface area contributed by atoms with E-state index < -0.39 is 6.10 Å². The van der Waals surface area contributed by atoms with E-state index in [-0.39, 0.29) is 25.2 Å². The first-order valence-electron chi connectivity index (χ1n) is 24.0. The van der Waals surface area contributed by atoms with Crippen molar-refractivity contribution >= 4 is 11.9 Å². The first-order valence-corrected chi connectivity index (χ1v) is 24.0. The number of rotatable bonds is 44. The van der Waals surface area contributed by atoms with Gasteiger partial charge in [-0.2, -0.15) is 0 Å². The summed E-state index contributed by atoms with van der Waals surface area (Å²) in [6, 6.07) is 0. The van der Waals surface area contributed by atoms with Crippen LogP contribution in [0.15, 0.2) is 36.5 Å². The highest BCUT2D eigenvalue weighted by atomic mass is 16.6. The Balaban J connectivity index is 3.52. The summed E-state index contributed by atoms with van der Waals surface area (Å²) in [6.45, 7) is 4.15. The Labute approximate surface area is 342 Å². The van der Waals surface area contributed by atoms with Gasteiger partial charge in [-0.05, 0) is 51.4 Å². The van der Waals surface area contributed by atoms with E-state index in [9.17, 15) is 14.7 Å². The molecule has 0 saturated heterocycles. The van der Waals surface area contributed by atoms with Crippen molar-refractivity contribution in [3.63, 3.8) is 0 Å². The smallest absolute Gasteiger partial charge is 0.306 e. The van der Waals surface area contributed by atoms with E-state index in [4.69, 9.17) is 9.47 Å². The van der Waals surface area contributed by atoms with Gasteiger partial charge in [0, 0.05) is 12.8 Å². The first-order chi connectivity index (χ1) is 27.1. The van der Waals surface area contributed by atoms with Gasteiger partial charge in [0.15, 0.2) is 6.10 Å². The molecular weight excluding hydrogens is 681 g/mol. The lowest BCUT2D eigenvalue weighted by Gasteiger charge is -2.15. The van der Waals surface area contributed by atoms with E-state index in [2.05, 4.69) is 50.3 Å². The largest absolute Gasteiger partial charge is 0.462 e. The Morgan fingerprint density at radius 2 is 0.727 bits per heavy atom. The van der Waals surface area contributed by atoms with Crippen LogP contribution >= 0.6 is 0 Å². The predicted molar refractivity (Wildman–Crippen MR) is 238 cm³/mol. The number of allylic oxidation sites excluding steroid dienone is 6. The molecule has 0 aromatic heterocycles. The van der Waals surface area contributed by atoms with Crippen LogP contribution in [-0.4, -0.2) is 36.4 Å². The van der Waals surface area contributed by atoms with Crippen LogP contribution in [0.4, 0.5) is 0 Å². The molecule has 0 aliphatic carbocycles.